The summed E-state index contributed by atoms with van der Waals surface area (Å²) in [5.74, 6) is -1.43. The number of amides is 2. The van der Waals surface area contributed by atoms with Gasteiger partial charge in [-0.15, -0.1) is 0 Å². The van der Waals surface area contributed by atoms with Crippen molar-refractivity contribution in [2.45, 2.75) is 77.6 Å². The van der Waals surface area contributed by atoms with E-state index in [-0.39, 0.29) is 35.8 Å². The van der Waals surface area contributed by atoms with E-state index in [1.807, 2.05) is 6.92 Å². The number of carbonyl (C=O) groups excluding carboxylic acids is 4. The molecule has 40 heavy (non-hydrogen) atoms. The third-order valence-corrected chi connectivity index (χ3v) is 6.81. The molecule has 0 radical (unpaired) electrons. The van der Waals surface area contributed by atoms with Crippen LogP contribution in [0.1, 0.15) is 59.8 Å². The summed E-state index contributed by atoms with van der Waals surface area (Å²) >= 11 is 0. The Labute approximate surface area is 234 Å². The molecule has 1 heterocycles. The van der Waals surface area contributed by atoms with Crippen molar-refractivity contribution in [2.24, 2.45) is 5.92 Å². The van der Waals surface area contributed by atoms with Crippen LogP contribution in [0.5, 0.6) is 0 Å². The number of hydrogen-bond acceptors (Lipinski definition) is 7. The van der Waals surface area contributed by atoms with E-state index in [1.54, 1.807) is 19.1 Å². The fraction of sp³-hybridized carbons (Fsp3) is 0.419. The standard InChI is InChI=1S/C31H38N2O7/c1-5-6-11-19(2)16-20(3)17-21(4)30(38)32-22-18-31(39,29-28(40-29)27(22)37)15-10-8-7-9-12-25(36)33-26-23(34)13-14-24(26)35/h7-10,12,15-19,28-29,34,39H,5-6,11,13-14H2,1-4H3,(H,32,38)(H,33,36)/b8-7+,12-9?,15-10?,20-16?,21-17?/t19-,28-,29-,31-/m1/s1. The maximum absolute atomic E-state index is 12.8. The van der Waals surface area contributed by atoms with Crippen LogP contribution in [0.3, 0.4) is 0 Å². The second-order valence-electron chi connectivity index (χ2n) is 10.4. The molecule has 9 heteroatoms. The summed E-state index contributed by atoms with van der Waals surface area (Å²) in [4.78, 5) is 49.0. The summed E-state index contributed by atoms with van der Waals surface area (Å²) in [5.41, 5.74) is -0.310. The summed E-state index contributed by atoms with van der Waals surface area (Å²) < 4.78 is 5.39. The average Bonchev–Trinajstić information content (AvgIpc) is 3.66. The Kier molecular flexibility index (Phi) is 10.4. The molecule has 0 saturated carbocycles. The molecule has 4 N–H and O–H groups in total. The van der Waals surface area contributed by atoms with Gasteiger partial charge in [0.2, 0.25) is 11.7 Å². The first kappa shape index (κ1) is 30.7. The summed E-state index contributed by atoms with van der Waals surface area (Å²) in [6.45, 7) is 7.90. The number of epoxide rings is 1. The van der Waals surface area contributed by atoms with Crippen molar-refractivity contribution in [3.8, 4) is 0 Å². The topological polar surface area (TPSA) is 145 Å². The molecule has 0 aromatic heterocycles. The van der Waals surface area contributed by atoms with Crippen molar-refractivity contribution < 1.29 is 34.1 Å². The summed E-state index contributed by atoms with van der Waals surface area (Å²) in [6.07, 6.45) is 16.0. The van der Waals surface area contributed by atoms with Gasteiger partial charge < -0.3 is 25.6 Å². The summed E-state index contributed by atoms with van der Waals surface area (Å²) in [5, 5.41) is 25.7. The lowest BCUT2D eigenvalue weighted by Gasteiger charge is -2.23. The molecule has 4 atom stereocenters. The number of Topliss-reactive ketones (excluding diaryl/α,β-unsaturated/α-hetero) is 2. The van der Waals surface area contributed by atoms with Crippen LogP contribution in [0.4, 0.5) is 0 Å². The molecule has 1 fully saturated rings. The highest BCUT2D eigenvalue weighted by Crippen LogP contribution is 2.40. The highest BCUT2D eigenvalue weighted by atomic mass is 16.6. The number of unbranched alkanes of at least 4 members (excludes halogenated alkanes) is 1. The molecule has 1 saturated heterocycles. The second kappa shape index (κ2) is 13.5. The highest BCUT2D eigenvalue weighted by molar-refractivity contribution is 6.07. The number of hydrogen-bond donors (Lipinski definition) is 4. The monoisotopic (exact) mass is 550 g/mol. The number of ketones is 2. The van der Waals surface area contributed by atoms with Crippen LogP contribution in [0.25, 0.3) is 0 Å². The molecular weight excluding hydrogens is 512 g/mol. The number of aliphatic hydroxyl groups excluding tert-OH is 1. The number of fused-ring (bicyclic) bond motifs is 1. The van der Waals surface area contributed by atoms with E-state index < -0.39 is 35.4 Å². The maximum atomic E-state index is 12.8. The predicted octanol–water partition coefficient (Wildman–Crippen LogP) is 3.70. The molecule has 0 aromatic rings. The average molecular weight is 551 g/mol. The molecule has 1 aliphatic heterocycles. The number of nitrogens with one attached hydrogen (secondary N) is 2. The number of ether oxygens (including phenoxy) is 1. The second-order valence-corrected chi connectivity index (χ2v) is 10.4. The lowest BCUT2D eigenvalue weighted by Crippen LogP contribution is -2.42. The number of carbonyl (C=O) groups is 4. The molecule has 0 aromatic carbocycles. The molecule has 9 nitrogen and oxygen atoms in total. The predicted molar refractivity (Wildman–Crippen MR) is 151 cm³/mol. The fourth-order valence-electron chi connectivity index (χ4n) is 4.61. The van der Waals surface area contributed by atoms with Gasteiger partial charge in [-0.3, -0.25) is 19.2 Å². The quantitative estimate of drug-likeness (QED) is 0.165. The van der Waals surface area contributed by atoms with Crippen LogP contribution in [0.15, 0.2) is 83.0 Å². The SMILES string of the molecule is CCCC[C@@H](C)C=C(C)C=C(C)C(=O)NC1=C[C@](O)(C=C/C=C/C=CC(=O)NC2=C(O)CCC2=O)[C@@H]2O[C@@H]2C1=O. The van der Waals surface area contributed by atoms with Crippen molar-refractivity contribution >= 4 is 23.4 Å². The van der Waals surface area contributed by atoms with E-state index in [2.05, 4.69) is 30.6 Å². The molecule has 214 valence electrons. The molecule has 3 rings (SSSR count). The van der Waals surface area contributed by atoms with Gasteiger partial charge in [-0.1, -0.05) is 68.7 Å². The van der Waals surface area contributed by atoms with Crippen LogP contribution < -0.4 is 10.6 Å². The first-order chi connectivity index (χ1) is 18.9. The van der Waals surface area contributed by atoms with Gasteiger partial charge in [-0.25, -0.2) is 0 Å². The summed E-state index contributed by atoms with van der Waals surface area (Å²) in [6, 6.07) is 0. The van der Waals surface area contributed by atoms with Gasteiger partial charge in [-0.2, -0.15) is 0 Å². The smallest absolute Gasteiger partial charge is 0.251 e. The zero-order valence-corrected chi connectivity index (χ0v) is 23.4. The lowest BCUT2D eigenvalue weighted by molar-refractivity contribution is -0.121. The molecule has 0 spiro atoms. The third kappa shape index (κ3) is 8.09. The van der Waals surface area contributed by atoms with Crippen LogP contribution in [0, 0.1) is 5.92 Å². The van der Waals surface area contributed by atoms with E-state index in [9.17, 15) is 29.4 Å². The van der Waals surface area contributed by atoms with Crippen molar-refractivity contribution in [1.82, 2.24) is 10.6 Å². The largest absolute Gasteiger partial charge is 0.510 e. The third-order valence-electron chi connectivity index (χ3n) is 6.81. The van der Waals surface area contributed by atoms with Crippen molar-refractivity contribution in [1.29, 1.82) is 0 Å². The van der Waals surface area contributed by atoms with Crippen molar-refractivity contribution in [3.05, 3.63) is 83.0 Å². The molecule has 0 bridgehead atoms. The zero-order valence-electron chi connectivity index (χ0n) is 23.4. The molecule has 0 unspecified atom stereocenters. The van der Waals surface area contributed by atoms with E-state index >= 15 is 0 Å². The molecule has 2 amide bonds. The lowest BCUT2D eigenvalue weighted by atomic mass is 9.88. The van der Waals surface area contributed by atoms with Crippen LogP contribution >= 0.6 is 0 Å². The fourth-order valence-corrected chi connectivity index (χ4v) is 4.61. The zero-order chi connectivity index (χ0) is 29.4. The number of rotatable bonds is 12. The highest BCUT2D eigenvalue weighted by Gasteiger charge is 2.59. The van der Waals surface area contributed by atoms with Crippen LogP contribution in [0.2, 0.25) is 0 Å². The van der Waals surface area contributed by atoms with Gasteiger partial charge in [0.05, 0.1) is 5.70 Å². The Hall–Kier alpha value is -3.82. The minimum Gasteiger partial charge on any atom is -0.510 e. The van der Waals surface area contributed by atoms with Gasteiger partial charge in [-0.05, 0) is 38.3 Å². The molecule has 3 aliphatic rings. The van der Waals surface area contributed by atoms with Gasteiger partial charge in [0.25, 0.3) is 5.91 Å². The Bertz CT molecular complexity index is 1260. The van der Waals surface area contributed by atoms with E-state index in [0.717, 1.165) is 24.8 Å². The first-order valence-electron chi connectivity index (χ1n) is 13.6. The normalized spacial score (nSPS) is 26.1. The van der Waals surface area contributed by atoms with Gasteiger partial charge in [0, 0.05) is 24.5 Å². The minimum atomic E-state index is -1.61. The van der Waals surface area contributed by atoms with Gasteiger partial charge >= 0.3 is 0 Å². The Morgan fingerprint density at radius 2 is 1.88 bits per heavy atom. The van der Waals surface area contributed by atoms with E-state index in [1.165, 1.54) is 36.5 Å². The number of aliphatic hydroxyl groups is 2. The van der Waals surface area contributed by atoms with E-state index in [0.29, 0.717) is 11.5 Å². The van der Waals surface area contributed by atoms with Crippen molar-refractivity contribution in [3.63, 3.8) is 0 Å². The Morgan fingerprint density at radius 1 is 1.15 bits per heavy atom. The Balaban J connectivity index is 1.60. The first-order valence-corrected chi connectivity index (χ1v) is 13.6. The van der Waals surface area contributed by atoms with Gasteiger partial charge in [0.1, 0.15) is 23.2 Å². The number of allylic oxidation sites excluding steroid dienone is 9. The minimum absolute atomic E-state index is 0.0267. The maximum Gasteiger partial charge on any atom is 0.251 e. The van der Waals surface area contributed by atoms with Crippen molar-refractivity contribution in [2.75, 3.05) is 0 Å². The molecular formula is C31H38N2O7. The van der Waals surface area contributed by atoms with Crippen LogP contribution in [-0.2, 0) is 23.9 Å². The summed E-state index contributed by atoms with van der Waals surface area (Å²) in [7, 11) is 0. The van der Waals surface area contributed by atoms with Gasteiger partial charge in [0.15, 0.2) is 11.9 Å². The molecule has 2 aliphatic carbocycles. The van der Waals surface area contributed by atoms with Crippen LogP contribution in [-0.4, -0.2) is 51.4 Å². The Morgan fingerprint density at radius 3 is 2.55 bits per heavy atom. The van der Waals surface area contributed by atoms with E-state index in [4.69, 9.17) is 4.74 Å².